The van der Waals surface area contributed by atoms with Gasteiger partial charge in [0.15, 0.2) is 5.65 Å². The molecule has 33 heavy (non-hydrogen) atoms. The predicted octanol–water partition coefficient (Wildman–Crippen LogP) is 4.40. The lowest BCUT2D eigenvalue weighted by Gasteiger charge is -2.20. The summed E-state index contributed by atoms with van der Waals surface area (Å²) in [6, 6.07) is 16.9. The van der Waals surface area contributed by atoms with Crippen molar-refractivity contribution in [3.63, 3.8) is 0 Å². The monoisotopic (exact) mass is 459 g/mol. The molecule has 2 aromatic carbocycles. The van der Waals surface area contributed by atoms with Gasteiger partial charge in [-0.2, -0.15) is 10.4 Å². The van der Waals surface area contributed by atoms with Crippen molar-refractivity contribution in [3.05, 3.63) is 82.6 Å². The summed E-state index contributed by atoms with van der Waals surface area (Å²) in [7, 11) is 1.62. The summed E-state index contributed by atoms with van der Waals surface area (Å²) in [5, 5.41) is 22.3. The average Bonchev–Trinajstić information content (AvgIpc) is 3.25. The van der Waals surface area contributed by atoms with Gasteiger partial charge >= 0.3 is 6.03 Å². The molecule has 4 aromatic rings. The van der Waals surface area contributed by atoms with Gasteiger partial charge in [0, 0.05) is 25.5 Å². The Kier molecular flexibility index (Phi) is 6.20. The fourth-order valence-electron chi connectivity index (χ4n) is 3.25. The van der Waals surface area contributed by atoms with Crippen LogP contribution in [0.15, 0.2) is 60.8 Å². The maximum atomic E-state index is 12.9. The molecule has 9 nitrogen and oxygen atoms in total. The molecule has 3 N–H and O–H groups in total. The lowest BCUT2D eigenvalue weighted by Crippen LogP contribution is -2.31. The Labute approximate surface area is 194 Å². The van der Waals surface area contributed by atoms with Gasteiger partial charge in [-0.1, -0.05) is 29.8 Å². The van der Waals surface area contributed by atoms with Gasteiger partial charge < -0.3 is 15.5 Å². The molecule has 4 rings (SSSR count). The SMILES string of the molecule is CN(Cc1cccc(Cl)c1NC(=O)c1[nH]nc2ncccc12)C(=O)Nc1cccc(C#N)c1. The highest BCUT2D eigenvalue weighted by Crippen LogP contribution is 2.28. The fraction of sp³-hybridized carbons (Fsp3) is 0.0870. The van der Waals surface area contributed by atoms with Crippen molar-refractivity contribution in [1.82, 2.24) is 20.1 Å². The normalized spacial score (nSPS) is 10.5. The van der Waals surface area contributed by atoms with Crippen LogP contribution in [0.3, 0.4) is 0 Å². The van der Waals surface area contributed by atoms with Crippen LogP contribution in [0.2, 0.25) is 5.02 Å². The smallest absolute Gasteiger partial charge is 0.321 e. The summed E-state index contributed by atoms with van der Waals surface area (Å²) in [6.07, 6.45) is 1.59. The molecule has 0 aliphatic rings. The first-order chi connectivity index (χ1) is 16.0. The summed E-state index contributed by atoms with van der Waals surface area (Å²) in [5.41, 5.74) is 2.66. The zero-order chi connectivity index (χ0) is 23.4. The highest BCUT2D eigenvalue weighted by Gasteiger charge is 2.19. The highest BCUT2D eigenvalue weighted by atomic mass is 35.5. The number of aromatic amines is 1. The zero-order valence-electron chi connectivity index (χ0n) is 17.5. The molecule has 0 saturated heterocycles. The van der Waals surface area contributed by atoms with Gasteiger partial charge in [-0.15, -0.1) is 0 Å². The minimum absolute atomic E-state index is 0.172. The van der Waals surface area contributed by atoms with Crippen LogP contribution < -0.4 is 10.6 Å². The van der Waals surface area contributed by atoms with Crippen LogP contribution in [0.25, 0.3) is 11.0 Å². The van der Waals surface area contributed by atoms with Gasteiger partial charge in [0.2, 0.25) is 0 Å². The molecule has 0 atom stereocenters. The predicted molar refractivity (Wildman–Crippen MR) is 125 cm³/mol. The van der Waals surface area contributed by atoms with Gasteiger partial charge in [-0.3, -0.25) is 9.89 Å². The minimum atomic E-state index is -0.430. The van der Waals surface area contributed by atoms with E-state index in [2.05, 4.69) is 25.8 Å². The molecule has 0 radical (unpaired) electrons. The molecule has 0 saturated carbocycles. The molecular formula is C23H18ClN7O2. The number of aromatic nitrogens is 3. The van der Waals surface area contributed by atoms with Crippen molar-refractivity contribution >= 4 is 45.9 Å². The molecule has 0 fully saturated rings. The van der Waals surface area contributed by atoms with Crippen LogP contribution in [0.1, 0.15) is 21.6 Å². The van der Waals surface area contributed by atoms with Crippen molar-refractivity contribution in [2.45, 2.75) is 6.54 Å². The summed E-state index contributed by atoms with van der Waals surface area (Å²) in [5.74, 6) is -0.430. The maximum Gasteiger partial charge on any atom is 0.321 e. The van der Waals surface area contributed by atoms with E-state index < -0.39 is 5.91 Å². The lowest BCUT2D eigenvalue weighted by atomic mass is 10.1. The number of pyridine rings is 1. The number of nitrogens with zero attached hydrogens (tertiary/aromatic N) is 4. The number of benzene rings is 2. The second kappa shape index (κ2) is 9.38. The number of anilines is 2. The van der Waals surface area contributed by atoms with Crippen LogP contribution in [0.5, 0.6) is 0 Å². The van der Waals surface area contributed by atoms with Gasteiger partial charge in [0.25, 0.3) is 5.91 Å². The molecule has 0 aliphatic carbocycles. The molecule has 0 unspecified atom stereocenters. The molecule has 2 heterocycles. The first-order valence-electron chi connectivity index (χ1n) is 9.86. The number of halogens is 1. The Balaban J connectivity index is 1.52. The van der Waals surface area contributed by atoms with Crippen molar-refractivity contribution in [1.29, 1.82) is 5.26 Å². The van der Waals surface area contributed by atoms with E-state index >= 15 is 0 Å². The number of urea groups is 1. The number of carbonyl (C=O) groups excluding carboxylic acids is 2. The van der Waals surface area contributed by atoms with E-state index in [4.69, 9.17) is 16.9 Å². The number of rotatable bonds is 5. The van der Waals surface area contributed by atoms with E-state index in [9.17, 15) is 9.59 Å². The first-order valence-corrected chi connectivity index (χ1v) is 10.2. The second-order valence-corrected chi connectivity index (χ2v) is 7.59. The van der Waals surface area contributed by atoms with E-state index in [0.717, 1.165) is 0 Å². The molecular weight excluding hydrogens is 442 g/mol. The second-order valence-electron chi connectivity index (χ2n) is 7.18. The number of para-hydroxylation sites is 1. The van der Waals surface area contributed by atoms with E-state index in [1.54, 1.807) is 67.8 Å². The van der Waals surface area contributed by atoms with Crippen molar-refractivity contribution in [3.8, 4) is 6.07 Å². The topological polar surface area (TPSA) is 127 Å². The van der Waals surface area contributed by atoms with Crippen molar-refractivity contribution in [2.75, 3.05) is 17.7 Å². The van der Waals surface area contributed by atoms with Gasteiger partial charge in [-0.25, -0.2) is 9.78 Å². The quantitative estimate of drug-likeness (QED) is 0.407. The van der Waals surface area contributed by atoms with E-state index in [1.165, 1.54) is 4.90 Å². The molecule has 10 heteroatoms. The van der Waals surface area contributed by atoms with E-state index in [0.29, 0.717) is 38.6 Å². The van der Waals surface area contributed by atoms with Crippen molar-refractivity contribution < 1.29 is 9.59 Å². The fourth-order valence-corrected chi connectivity index (χ4v) is 3.49. The van der Waals surface area contributed by atoms with Crippen LogP contribution in [0.4, 0.5) is 16.2 Å². The maximum absolute atomic E-state index is 12.9. The minimum Gasteiger partial charge on any atom is -0.323 e. The Morgan fingerprint density at radius 1 is 1.15 bits per heavy atom. The average molecular weight is 460 g/mol. The number of hydrogen-bond acceptors (Lipinski definition) is 5. The lowest BCUT2D eigenvalue weighted by molar-refractivity contribution is 0.102. The third kappa shape index (κ3) is 4.76. The molecule has 0 aliphatic heterocycles. The van der Waals surface area contributed by atoms with Crippen LogP contribution in [0, 0.1) is 11.3 Å². The third-order valence-electron chi connectivity index (χ3n) is 4.89. The summed E-state index contributed by atoms with van der Waals surface area (Å²) in [6.45, 7) is 0.172. The molecule has 0 bridgehead atoms. The van der Waals surface area contributed by atoms with Crippen LogP contribution >= 0.6 is 11.6 Å². The number of carbonyl (C=O) groups is 2. The van der Waals surface area contributed by atoms with Gasteiger partial charge in [-0.05, 0) is 42.0 Å². The van der Waals surface area contributed by atoms with Crippen LogP contribution in [-0.4, -0.2) is 39.1 Å². The Bertz CT molecular complexity index is 1390. The van der Waals surface area contributed by atoms with Gasteiger partial charge in [0.05, 0.1) is 27.7 Å². The number of hydrogen-bond donors (Lipinski definition) is 3. The molecule has 3 amide bonds. The molecule has 164 valence electrons. The van der Waals surface area contributed by atoms with E-state index in [-0.39, 0.29) is 18.3 Å². The van der Waals surface area contributed by atoms with Crippen LogP contribution in [-0.2, 0) is 6.54 Å². The van der Waals surface area contributed by atoms with Gasteiger partial charge in [0.1, 0.15) is 5.69 Å². The number of amides is 3. The number of H-pyrrole nitrogens is 1. The van der Waals surface area contributed by atoms with Crippen molar-refractivity contribution in [2.24, 2.45) is 0 Å². The summed E-state index contributed by atoms with van der Waals surface area (Å²) < 4.78 is 0. The number of nitrogens with one attached hydrogen (secondary N) is 3. The zero-order valence-corrected chi connectivity index (χ0v) is 18.2. The number of fused-ring (bicyclic) bond motifs is 1. The number of nitriles is 1. The Morgan fingerprint density at radius 3 is 2.79 bits per heavy atom. The standard InChI is InChI=1S/C23H18ClN7O2/c1-31(23(33)27-16-7-2-5-14(11-16)12-25)13-15-6-3-9-18(24)19(15)28-22(32)20-17-8-4-10-26-21(17)30-29-20/h2-11H,13H2,1H3,(H,27,33)(H,28,32)(H,26,29,30). The highest BCUT2D eigenvalue weighted by molar-refractivity contribution is 6.34. The Morgan fingerprint density at radius 2 is 1.97 bits per heavy atom. The Hall–Kier alpha value is -4.42. The largest absolute Gasteiger partial charge is 0.323 e. The summed E-state index contributed by atoms with van der Waals surface area (Å²) in [4.78, 5) is 31.1. The molecule has 2 aromatic heterocycles. The first kappa shape index (κ1) is 21.8. The molecule has 0 spiro atoms. The van der Waals surface area contributed by atoms with E-state index in [1.807, 2.05) is 6.07 Å². The summed E-state index contributed by atoms with van der Waals surface area (Å²) >= 11 is 6.38. The third-order valence-corrected chi connectivity index (χ3v) is 5.21.